The zero-order valence-electron chi connectivity index (χ0n) is 18.8. The Labute approximate surface area is 191 Å². The SMILES string of the molecule is Cc1cc(C)c2[nH]ccc2c1O[C@@H]1CCN(C2CC(F)(F)C2)C[C@H]1c1ccc(C(=O)O)cc1. The smallest absolute Gasteiger partial charge is 0.335 e. The zero-order chi connectivity index (χ0) is 23.3. The second kappa shape index (κ2) is 8.13. The summed E-state index contributed by atoms with van der Waals surface area (Å²) in [6.45, 7) is 5.42. The zero-order valence-corrected chi connectivity index (χ0v) is 18.8. The van der Waals surface area contributed by atoms with Crippen LogP contribution in [0.1, 0.15) is 52.2 Å². The summed E-state index contributed by atoms with van der Waals surface area (Å²) in [5.74, 6) is -2.74. The topological polar surface area (TPSA) is 65.6 Å². The third-order valence-corrected chi connectivity index (χ3v) is 7.20. The molecule has 7 heteroatoms. The molecular formula is C26H28F2N2O3. The number of carbonyl (C=O) groups is 1. The molecule has 2 atom stereocenters. The van der Waals surface area contributed by atoms with E-state index in [9.17, 15) is 18.7 Å². The number of aromatic nitrogens is 1. The van der Waals surface area contributed by atoms with Gasteiger partial charge in [0.25, 0.3) is 5.92 Å². The van der Waals surface area contributed by atoms with E-state index in [4.69, 9.17) is 4.74 Å². The predicted octanol–water partition coefficient (Wildman–Crippen LogP) is 5.52. The van der Waals surface area contributed by atoms with Gasteiger partial charge < -0.3 is 14.8 Å². The summed E-state index contributed by atoms with van der Waals surface area (Å²) in [6.07, 6.45) is 2.30. The highest BCUT2D eigenvalue weighted by atomic mass is 19.3. The van der Waals surface area contributed by atoms with Gasteiger partial charge in [-0.1, -0.05) is 18.2 Å². The van der Waals surface area contributed by atoms with Crippen molar-refractivity contribution in [2.75, 3.05) is 13.1 Å². The van der Waals surface area contributed by atoms with Crippen LogP contribution in [0, 0.1) is 13.8 Å². The number of rotatable bonds is 5. The monoisotopic (exact) mass is 454 g/mol. The van der Waals surface area contributed by atoms with Crippen LogP contribution in [-0.4, -0.2) is 52.1 Å². The lowest BCUT2D eigenvalue weighted by atomic mass is 9.81. The van der Waals surface area contributed by atoms with E-state index in [0.29, 0.717) is 19.5 Å². The number of carboxylic acid groups (broad SMARTS) is 1. The Kier molecular flexibility index (Phi) is 5.40. The van der Waals surface area contributed by atoms with Gasteiger partial charge >= 0.3 is 5.97 Å². The lowest BCUT2D eigenvalue weighted by Gasteiger charge is -2.48. The number of fused-ring (bicyclic) bond motifs is 1. The lowest BCUT2D eigenvalue weighted by Crippen LogP contribution is -2.56. The Morgan fingerprint density at radius 2 is 1.88 bits per heavy atom. The van der Waals surface area contributed by atoms with Gasteiger partial charge in [0.15, 0.2) is 0 Å². The van der Waals surface area contributed by atoms with Gasteiger partial charge in [0.1, 0.15) is 11.9 Å². The molecule has 0 spiro atoms. The Bertz CT molecular complexity index is 1180. The summed E-state index contributed by atoms with van der Waals surface area (Å²) in [5, 5.41) is 10.3. The van der Waals surface area contributed by atoms with E-state index < -0.39 is 11.9 Å². The maximum absolute atomic E-state index is 13.5. The number of nitrogens with zero attached hydrogens (tertiary/aromatic N) is 1. The fourth-order valence-corrected chi connectivity index (χ4v) is 5.38. The van der Waals surface area contributed by atoms with Gasteiger partial charge in [-0.05, 0) is 55.2 Å². The number of piperidine rings is 1. The molecule has 2 aromatic carbocycles. The number of nitrogens with one attached hydrogen (secondary N) is 1. The number of hydrogen-bond acceptors (Lipinski definition) is 3. The van der Waals surface area contributed by atoms with Gasteiger partial charge in [0.2, 0.25) is 0 Å². The number of aryl methyl sites for hydroxylation is 2. The van der Waals surface area contributed by atoms with Crippen LogP contribution in [0.15, 0.2) is 42.6 Å². The quantitative estimate of drug-likeness (QED) is 0.533. The highest BCUT2D eigenvalue weighted by Gasteiger charge is 2.49. The van der Waals surface area contributed by atoms with Gasteiger partial charge in [-0.2, -0.15) is 0 Å². The molecular weight excluding hydrogens is 426 g/mol. The minimum atomic E-state index is -2.56. The molecule has 33 heavy (non-hydrogen) atoms. The van der Waals surface area contributed by atoms with Gasteiger partial charge in [-0.15, -0.1) is 0 Å². The molecule has 1 aromatic heterocycles. The maximum Gasteiger partial charge on any atom is 0.335 e. The second-order valence-corrected chi connectivity index (χ2v) is 9.50. The van der Waals surface area contributed by atoms with Crippen LogP contribution in [0.3, 0.4) is 0 Å². The van der Waals surface area contributed by atoms with Crippen LogP contribution >= 0.6 is 0 Å². The van der Waals surface area contributed by atoms with Crippen LogP contribution in [-0.2, 0) is 0 Å². The molecule has 0 unspecified atom stereocenters. The fourth-order valence-electron chi connectivity index (χ4n) is 5.38. The lowest BCUT2D eigenvalue weighted by molar-refractivity contribution is -0.131. The number of halogens is 2. The predicted molar refractivity (Wildman–Crippen MR) is 122 cm³/mol. The van der Waals surface area contributed by atoms with Crippen LogP contribution in [0.25, 0.3) is 10.9 Å². The second-order valence-electron chi connectivity index (χ2n) is 9.50. The molecule has 3 aromatic rings. The number of hydrogen-bond donors (Lipinski definition) is 2. The molecule has 0 radical (unpaired) electrons. The first kappa shape index (κ1) is 21.9. The average Bonchev–Trinajstić information content (AvgIpc) is 3.25. The van der Waals surface area contributed by atoms with Crippen molar-refractivity contribution in [1.29, 1.82) is 0 Å². The van der Waals surface area contributed by atoms with Crippen LogP contribution in [0.5, 0.6) is 5.75 Å². The van der Waals surface area contributed by atoms with Crippen LogP contribution < -0.4 is 4.74 Å². The first-order valence-electron chi connectivity index (χ1n) is 11.4. The van der Waals surface area contributed by atoms with Crippen molar-refractivity contribution < 1.29 is 23.4 Å². The van der Waals surface area contributed by atoms with Crippen molar-refractivity contribution in [3.05, 3.63) is 64.8 Å². The normalized spacial score (nSPS) is 23.4. The molecule has 2 heterocycles. The number of carboxylic acids is 1. The number of H-pyrrole nitrogens is 1. The molecule has 5 nitrogen and oxygen atoms in total. The first-order valence-corrected chi connectivity index (χ1v) is 11.4. The Morgan fingerprint density at radius 3 is 2.55 bits per heavy atom. The van der Waals surface area contributed by atoms with Gasteiger partial charge in [-0.25, -0.2) is 13.6 Å². The number of alkyl halides is 2. The van der Waals surface area contributed by atoms with E-state index in [1.165, 1.54) is 0 Å². The largest absolute Gasteiger partial charge is 0.489 e. The highest BCUT2D eigenvalue weighted by molar-refractivity contribution is 5.90. The number of ether oxygens (including phenoxy) is 1. The Hall–Kier alpha value is -2.93. The van der Waals surface area contributed by atoms with E-state index in [2.05, 4.69) is 22.9 Å². The third kappa shape index (κ3) is 4.10. The minimum absolute atomic E-state index is 0.0505. The summed E-state index contributed by atoms with van der Waals surface area (Å²) < 4.78 is 33.7. The van der Waals surface area contributed by atoms with Crippen molar-refractivity contribution in [2.45, 2.75) is 57.1 Å². The fraction of sp³-hybridized carbons (Fsp3) is 0.423. The maximum atomic E-state index is 13.5. The Balaban J connectivity index is 1.45. The molecule has 1 aliphatic heterocycles. The molecule has 1 saturated heterocycles. The van der Waals surface area contributed by atoms with Crippen molar-refractivity contribution in [2.24, 2.45) is 0 Å². The molecule has 1 aliphatic carbocycles. The highest BCUT2D eigenvalue weighted by Crippen LogP contribution is 2.43. The number of aromatic amines is 1. The summed E-state index contributed by atoms with van der Waals surface area (Å²) in [4.78, 5) is 16.7. The minimum Gasteiger partial charge on any atom is -0.489 e. The van der Waals surface area contributed by atoms with E-state index in [0.717, 1.165) is 33.3 Å². The third-order valence-electron chi connectivity index (χ3n) is 7.20. The van der Waals surface area contributed by atoms with E-state index in [1.807, 2.05) is 31.3 Å². The van der Waals surface area contributed by atoms with Crippen molar-refractivity contribution in [3.63, 3.8) is 0 Å². The summed E-state index contributed by atoms with van der Waals surface area (Å²) in [5.41, 5.74) is 4.45. The van der Waals surface area contributed by atoms with Gasteiger partial charge in [-0.3, -0.25) is 4.90 Å². The molecule has 174 valence electrons. The summed E-state index contributed by atoms with van der Waals surface area (Å²) in [7, 11) is 0. The van der Waals surface area contributed by atoms with Crippen molar-refractivity contribution in [3.8, 4) is 5.75 Å². The summed E-state index contributed by atoms with van der Waals surface area (Å²) in [6, 6.07) is 10.9. The number of likely N-dealkylation sites (tertiary alicyclic amines) is 1. The standard InChI is InChI=1S/C26H28F2N2O3/c1-15-11-16(2)24(20-7-9-29-23(15)20)33-22-8-10-30(19-12-26(27,28)13-19)14-21(22)17-3-5-18(6-4-17)25(31)32/h3-7,9,11,19,21-22,29H,8,10,12-14H2,1-2H3,(H,31,32)/t21-,22+/m0/s1. The van der Waals surface area contributed by atoms with Gasteiger partial charge in [0.05, 0.1) is 11.1 Å². The van der Waals surface area contributed by atoms with Crippen LogP contribution in [0.4, 0.5) is 8.78 Å². The van der Waals surface area contributed by atoms with E-state index >= 15 is 0 Å². The number of aromatic carboxylic acids is 1. The molecule has 2 aliphatic rings. The molecule has 1 saturated carbocycles. The molecule has 2 fully saturated rings. The van der Waals surface area contributed by atoms with Crippen molar-refractivity contribution >= 4 is 16.9 Å². The van der Waals surface area contributed by atoms with E-state index in [-0.39, 0.29) is 36.5 Å². The summed E-state index contributed by atoms with van der Waals surface area (Å²) >= 11 is 0. The van der Waals surface area contributed by atoms with Crippen LogP contribution in [0.2, 0.25) is 0 Å². The average molecular weight is 455 g/mol. The number of benzene rings is 2. The first-order chi connectivity index (χ1) is 15.7. The molecule has 5 rings (SSSR count). The molecule has 0 bridgehead atoms. The van der Waals surface area contributed by atoms with Crippen molar-refractivity contribution in [1.82, 2.24) is 9.88 Å². The van der Waals surface area contributed by atoms with E-state index in [1.54, 1.807) is 12.1 Å². The molecule has 0 amide bonds. The Morgan fingerprint density at radius 1 is 1.15 bits per heavy atom. The van der Waals surface area contributed by atoms with Gasteiger partial charge in [0, 0.05) is 49.5 Å². The molecule has 2 N–H and O–H groups in total.